The first-order valence-corrected chi connectivity index (χ1v) is 5.49. The number of hydrogen-bond acceptors (Lipinski definition) is 1. The first-order chi connectivity index (χ1) is 6.18. The number of carboxylic acids is 1. The summed E-state index contributed by atoms with van der Waals surface area (Å²) < 4.78 is 0. The molecule has 0 aliphatic heterocycles. The monoisotopic (exact) mass is 230 g/mol. The Hall–Kier alpha value is 0.760. The van der Waals surface area contributed by atoms with Crippen molar-refractivity contribution in [1.82, 2.24) is 0 Å². The molecule has 2 nitrogen and oxygen atoms in total. The van der Waals surface area contributed by atoms with Crippen molar-refractivity contribution < 1.29 is 40.9 Å². The van der Waals surface area contributed by atoms with Gasteiger partial charge in [0.1, 0.15) is 5.38 Å². The second-order valence-corrected chi connectivity index (χ2v) is 3.89. The summed E-state index contributed by atoms with van der Waals surface area (Å²) in [5, 5.41) is 7.80. The molecule has 0 saturated heterocycles. The van der Waals surface area contributed by atoms with Crippen LogP contribution in [-0.2, 0) is 4.79 Å². The standard InChI is InChI=1S/C10H19ClO2.Na.H/c1-2-3-4-5-6-7-8-9(11)10(12)13;;/h9H,2-8H2,1H3,(H,12,13);;/q;+1;-1. The van der Waals surface area contributed by atoms with Crippen molar-refractivity contribution in [3.8, 4) is 0 Å². The molecule has 0 saturated carbocycles. The van der Waals surface area contributed by atoms with E-state index < -0.39 is 11.3 Å². The molecule has 0 aromatic rings. The fourth-order valence-electron chi connectivity index (χ4n) is 1.23. The van der Waals surface area contributed by atoms with E-state index in [1.54, 1.807) is 0 Å². The average Bonchev–Trinajstić information content (AvgIpc) is 2.10. The Labute approximate surface area is 115 Å². The topological polar surface area (TPSA) is 37.3 Å². The van der Waals surface area contributed by atoms with Crippen LogP contribution in [0.1, 0.15) is 53.3 Å². The number of halogens is 1. The average molecular weight is 231 g/mol. The molecule has 0 aliphatic carbocycles. The molecule has 0 rings (SSSR count). The van der Waals surface area contributed by atoms with E-state index in [0.29, 0.717) is 6.42 Å². The van der Waals surface area contributed by atoms with Crippen LogP contribution in [-0.4, -0.2) is 16.5 Å². The van der Waals surface area contributed by atoms with Gasteiger partial charge in [-0.05, 0) is 6.42 Å². The zero-order valence-electron chi connectivity index (χ0n) is 10.3. The molecule has 4 heteroatoms. The molecule has 80 valence electrons. The van der Waals surface area contributed by atoms with Crippen LogP contribution in [0, 0.1) is 0 Å². The van der Waals surface area contributed by atoms with Crippen molar-refractivity contribution in [3.63, 3.8) is 0 Å². The zero-order valence-corrected chi connectivity index (χ0v) is 12.0. The Balaban J connectivity index is -0.000000720. The minimum atomic E-state index is -0.893. The minimum Gasteiger partial charge on any atom is -1.00 e. The van der Waals surface area contributed by atoms with E-state index in [-0.39, 0.29) is 31.0 Å². The minimum absolute atomic E-state index is 0. The van der Waals surface area contributed by atoms with E-state index in [9.17, 15) is 4.79 Å². The van der Waals surface area contributed by atoms with Crippen LogP contribution in [0.15, 0.2) is 0 Å². The summed E-state index contributed by atoms with van der Waals surface area (Å²) in [6, 6.07) is 0. The molecule has 0 spiro atoms. The number of rotatable bonds is 8. The van der Waals surface area contributed by atoms with Gasteiger partial charge in [-0.25, -0.2) is 0 Å². The van der Waals surface area contributed by atoms with Crippen LogP contribution >= 0.6 is 11.6 Å². The molecular weight excluding hydrogens is 211 g/mol. The van der Waals surface area contributed by atoms with Crippen LogP contribution < -0.4 is 29.6 Å². The molecule has 0 aliphatic rings. The molecule has 0 fully saturated rings. The molecule has 1 N–H and O–H groups in total. The molecular formula is C10H20ClNaO2. The molecule has 0 radical (unpaired) electrons. The van der Waals surface area contributed by atoms with Crippen molar-refractivity contribution in [2.45, 2.75) is 57.2 Å². The van der Waals surface area contributed by atoms with Crippen LogP contribution in [0.3, 0.4) is 0 Å². The van der Waals surface area contributed by atoms with E-state index >= 15 is 0 Å². The van der Waals surface area contributed by atoms with E-state index in [2.05, 4.69) is 6.92 Å². The maximum Gasteiger partial charge on any atom is 1.00 e. The van der Waals surface area contributed by atoms with Crippen molar-refractivity contribution in [2.75, 3.05) is 0 Å². The molecule has 1 unspecified atom stereocenters. The first kappa shape index (κ1) is 17.2. The predicted octanol–water partition coefficient (Wildman–Crippen LogP) is 0.545. The van der Waals surface area contributed by atoms with Gasteiger partial charge in [0, 0.05) is 0 Å². The van der Waals surface area contributed by atoms with Crippen molar-refractivity contribution in [2.24, 2.45) is 0 Å². The third-order valence-corrected chi connectivity index (χ3v) is 2.48. The Kier molecular flexibility index (Phi) is 14.5. The molecule has 0 aromatic heterocycles. The van der Waals surface area contributed by atoms with Crippen LogP contribution in [0.4, 0.5) is 0 Å². The summed E-state index contributed by atoms with van der Waals surface area (Å²) >= 11 is 5.56. The smallest absolute Gasteiger partial charge is 1.00 e. The van der Waals surface area contributed by atoms with Gasteiger partial charge < -0.3 is 6.53 Å². The largest absolute Gasteiger partial charge is 1.00 e. The van der Waals surface area contributed by atoms with Gasteiger partial charge in [0.05, 0.1) is 0 Å². The van der Waals surface area contributed by atoms with Crippen LogP contribution in [0.25, 0.3) is 0 Å². The summed E-state index contributed by atoms with van der Waals surface area (Å²) in [7, 11) is 0. The number of carbonyl (C=O) groups is 1. The Morgan fingerprint density at radius 3 is 2.29 bits per heavy atom. The number of carboxylic acid groups (broad SMARTS) is 1. The molecule has 0 aromatic carbocycles. The second kappa shape index (κ2) is 11.8. The summed E-state index contributed by atoms with van der Waals surface area (Å²) in [5.41, 5.74) is 0. The predicted molar refractivity (Wildman–Crippen MR) is 56.4 cm³/mol. The van der Waals surface area contributed by atoms with Gasteiger partial charge in [0.15, 0.2) is 0 Å². The maximum absolute atomic E-state index is 10.3. The molecule has 1 atom stereocenters. The zero-order chi connectivity index (χ0) is 10.1. The Morgan fingerprint density at radius 1 is 1.29 bits per heavy atom. The summed E-state index contributed by atoms with van der Waals surface area (Å²) in [6.45, 7) is 2.18. The second-order valence-electron chi connectivity index (χ2n) is 3.36. The van der Waals surface area contributed by atoms with Crippen molar-refractivity contribution in [1.29, 1.82) is 0 Å². The van der Waals surface area contributed by atoms with Crippen molar-refractivity contribution >= 4 is 17.6 Å². The SMILES string of the molecule is CCCCCCCCC(Cl)C(=O)O.[H-].[Na+]. The quantitative estimate of drug-likeness (QED) is 0.376. The summed E-state index contributed by atoms with van der Waals surface area (Å²) in [4.78, 5) is 10.3. The van der Waals surface area contributed by atoms with E-state index in [4.69, 9.17) is 16.7 Å². The fourth-order valence-corrected chi connectivity index (χ4v) is 1.38. The van der Waals surface area contributed by atoms with Gasteiger partial charge in [0.25, 0.3) is 0 Å². The van der Waals surface area contributed by atoms with E-state index in [1.807, 2.05) is 0 Å². The first-order valence-electron chi connectivity index (χ1n) is 5.05. The number of unbranched alkanes of at least 4 members (excludes halogenated alkanes) is 5. The van der Waals surface area contributed by atoms with Gasteiger partial charge in [0.2, 0.25) is 0 Å². The van der Waals surface area contributed by atoms with E-state index in [1.165, 1.54) is 25.7 Å². The van der Waals surface area contributed by atoms with Crippen molar-refractivity contribution in [3.05, 3.63) is 0 Å². The van der Waals surface area contributed by atoms with Gasteiger partial charge in [-0.3, -0.25) is 4.79 Å². The van der Waals surface area contributed by atoms with Gasteiger partial charge >= 0.3 is 35.5 Å². The van der Waals surface area contributed by atoms with Gasteiger partial charge in [-0.1, -0.05) is 45.4 Å². The molecule has 0 amide bonds. The number of alkyl halides is 1. The van der Waals surface area contributed by atoms with Gasteiger partial charge in [-0.15, -0.1) is 11.6 Å². The third-order valence-electron chi connectivity index (χ3n) is 2.08. The molecule has 0 bridgehead atoms. The Bertz CT molecular complexity index is 147. The summed E-state index contributed by atoms with van der Waals surface area (Å²) in [5.74, 6) is -0.893. The molecule has 14 heavy (non-hydrogen) atoms. The Morgan fingerprint density at radius 2 is 1.79 bits per heavy atom. The normalized spacial score (nSPS) is 11.9. The number of hydrogen-bond donors (Lipinski definition) is 1. The fraction of sp³-hybridized carbons (Fsp3) is 0.900. The summed E-state index contributed by atoms with van der Waals surface area (Å²) in [6.07, 6.45) is 7.63. The van der Waals surface area contributed by atoms with E-state index in [0.717, 1.165) is 12.8 Å². The van der Waals surface area contributed by atoms with Crippen LogP contribution in [0.2, 0.25) is 0 Å². The van der Waals surface area contributed by atoms with Gasteiger partial charge in [-0.2, -0.15) is 0 Å². The maximum atomic E-state index is 10.3. The van der Waals surface area contributed by atoms with Crippen LogP contribution in [0.5, 0.6) is 0 Å². The number of aliphatic carboxylic acids is 1. The third kappa shape index (κ3) is 10.8. The molecule has 0 heterocycles.